The molecule has 0 aromatic rings. The number of amides is 2. The van der Waals surface area contributed by atoms with Crippen LogP contribution in [-0.4, -0.2) is 29.4 Å². The Hall–Kier alpha value is -0.930. The molecule has 0 aliphatic carbocycles. The third-order valence-corrected chi connectivity index (χ3v) is 0.873. The second-order valence-electron chi connectivity index (χ2n) is 1.68. The number of aliphatic hydroxyl groups excluding tert-OH is 1. The van der Waals surface area contributed by atoms with Gasteiger partial charge in [0, 0.05) is 0 Å². The second-order valence-corrected chi connectivity index (χ2v) is 1.68. The van der Waals surface area contributed by atoms with Crippen LogP contribution < -0.4 is 16.5 Å². The molecule has 1 aliphatic rings. The minimum absolute atomic E-state index is 0.454. The van der Waals surface area contributed by atoms with Crippen molar-refractivity contribution in [1.29, 1.82) is 0 Å². The van der Waals surface area contributed by atoms with E-state index in [0.717, 1.165) is 5.23 Å². The molecular weight excluding hydrogens is 156 g/mol. The summed E-state index contributed by atoms with van der Waals surface area (Å²) >= 11 is 0. The van der Waals surface area contributed by atoms with Gasteiger partial charge in [-0.15, -0.1) is 5.48 Å². The second kappa shape index (κ2) is 3.46. The van der Waals surface area contributed by atoms with Crippen molar-refractivity contribution >= 4 is 6.03 Å². The van der Waals surface area contributed by atoms with Gasteiger partial charge in [-0.3, -0.25) is 5.32 Å². The maximum Gasteiger partial charge on any atom is 0.315 e. The summed E-state index contributed by atoms with van der Waals surface area (Å²) in [5, 5.41) is 11.3. The molecule has 1 unspecified atom stereocenters. The zero-order valence-electron chi connectivity index (χ0n) is 5.48. The quantitative estimate of drug-likeness (QED) is 0.361. The third kappa shape index (κ3) is 2.29. The lowest BCUT2D eigenvalue weighted by molar-refractivity contribution is -0.344. The first-order valence-corrected chi connectivity index (χ1v) is 2.76. The van der Waals surface area contributed by atoms with Gasteiger partial charge in [-0.2, -0.15) is 4.94 Å². The highest BCUT2D eigenvalue weighted by Gasteiger charge is 2.24. The molecule has 1 rings (SSSR count). The summed E-state index contributed by atoms with van der Waals surface area (Å²) in [5.41, 5.74) is 6.97. The number of rotatable bonds is 2. The first-order valence-electron chi connectivity index (χ1n) is 2.76. The Morgan fingerprint density at radius 1 is 1.91 bits per heavy atom. The number of hydrogen-bond donors (Lipinski definition) is 4. The van der Waals surface area contributed by atoms with Gasteiger partial charge >= 0.3 is 6.03 Å². The Labute approximate surface area is 61.7 Å². The summed E-state index contributed by atoms with van der Waals surface area (Å²) < 4.78 is 0. The lowest BCUT2D eigenvalue weighted by Gasteiger charge is -2.07. The molecule has 0 saturated carbocycles. The van der Waals surface area contributed by atoms with E-state index in [1.165, 1.54) is 0 Å². The number of primary amides is 1. The molecule has 1 heterocycles. The summed E-state index contributed by atoms with van der Waals surface area (Å²) in [5.74, 6) is 0. The predicted molar refractivity (Wildman–Crippen MR) is 30.7 cm³/mol. The molecule has 8 nitrogen and oxygen atoms in total. The van der Waals surface area contributed by atoms with Gasteiger partial charge in [-0.25, -0.2) is 9.63 Å². The van der Waals surface area contributed by atoms with E-state index in [9.17, 15) is 4.79 Å². The first-order chi connectivity index (χ1) is 5.22. The lowest BCUT2D eigenvalue weighted by atomic mass is 10.9. The SMILES string of the molecule is NC(=O)NC1NON(CO)O1. The van der Waals surface area contributed by atoms with E-state index in [0.29, 0.717) is 0 Å². The number of nitrogens with zero attached hydrogens (tertiary/aromatic N) is 1. The Kier molecular flexibility index (Phi) is 2.57. The highest BCUT2D eigenvalue weighted by molar-refractivity contribution is 5.71. The molecule has 0 aromatic carbocycles. The molecule has 5 N–H and O–H groups in total. The normalized spacial score (nSPS) is 25.4. The topological polar surface area (TPSA) is 109 Å². The Bertz CT molecular complexity index is 152. The van der Waals surface area contributed by atoms with Crippen LogP contribution in [0.15, 0.2) is 0 Å². The van der Waals surface area contributed by atoms with Crippen molar-refractivity contribution in [2.45, 2.75) is 6.35 Å². The monoisotopic (exact) mass is 164 g/mol. The Balaban J connectivity index is 2.24. The summed E-state index contributed by atoms with van der Waals surface area (Å²) in [6, 6.07) is -0.758. The molecule has 2 amide bonds. The average molecular weight is 164 g/mol. The molecule has 0 bridgehead atoms. The van der Waals surface area contributed by atoms with E-state index >= 15 is 0 Å². The molecule has 1 saturated heterocycles. The van der Waals surface area contributed by atoms with E-state index in [2.05, 4.69) is 20.6 Å². The molecule has 1 atom stereocenters. The van der Waals surface area contributed by atoms with Gasteiger partial charge in [0.15, 0.2) is 0 Å². The number of urea groups is 1. The largest absolute Gasteiger partial charge is 0.376 e. The summed E-state index contributed by atoms with van der Waals surface area (Å²) in [6.07, 6.45) is -0.861. The minimum atomic E-state index is -0.861. The van der Waals surface area contributed by atoms with Gasteiger partial charge in [-0.1, -0.05) is 0 Å². The minimum Gasteiger partial charge on any atom is -0.376 e. The van der Waals surface area contributed by atoms with Gasteiger partial charge in [0.1, 0.15) is 6.73 Å². The molecule has 0 spiro atoms. The van der Waals surface area contributed by atoms with E-state index in [1.54, 1.807) is 0 Å². The van der Waals surface area contributed by atoms with Crippen LogP contribution in [-0.2, 0) is 9.78 Å². The number of nitrogens with one attached hydrogen (secondary N) is 2. The number of nitrogens with two attached hydrogens (primary N) is 1. The zero-order chi connectivity index (χ0) is 8.27. The third-order valence-electron chi connectivity index (χ3n) is 0.873. The highest BCUT2D eigenvalue weighted by atomic mass is 17.1. The van der Waals surface area contributed by atoms with Crippen LogP contribution in [0.5, 0.6) is 0 Å². The van der Waals surface area contributed by atoms with Crippen molar-refractivity contribution in [3.05, 3.63) is 0 Å². The van der Waals surface area contributed by atoms with Crippen molar-refractivity contribution in [3.8, 4) is 0 Å². The van der Waals surface area contributed by atoms with Gasteiger partial charge in [-0.05, 0) is 5.23 Å². The van der Waals surface area contributed by atoms with Crippen molar-refractivity contribution in [3.63, 3.8) is 0 Å². The maximum atomic E-state index is 10.2. The maximum absolute atomic E-state index is 10.2. The van der Waals surface area contributed by atoms with Crippen molar-refractivity contribution in [1.82, 2.24) is 16.0 Å². The molecular formula is C3H8N4O4. The Morgan fingerprint density at radius 2 is 2.64 bits per heavy atom. The fourth-order valence-corrected chi connectivity index (χ4v) is 0.514. The van der Waals surface area contributed by atoms with Gasteiger partial charge in [0.05, 0.1) is 0 Å². The smallest absolute Gasteiger partial charge is 0.315 e. The van der Waals surface area contributed by atoms with Crippen LogP contribution >= 0.6 is 0 Å². The predicted octanol–water partition coefficient (Wildman–Crippen LogP) is -2.43. The zero-order valence-corrected chi connectivity index (χ0v) is 5.48. The fraction of sp³-hybridized carbons (Fsp3) is 0.667. The van der Waals surface area contributed by atoms with Crippen LogP contribution in [0.4, 0.5) is 4.79 Å². The van der Waals surface area contributed by atoms with E-state index in [1.807, 2.05) is 0 Å². The van der Waals surface area contributed by atoms with Crippen molar-refractivity contribution in [2.75, 3.05) is 6.73 Å². The molecule has 1 aliphatic heterocycles. The summed E-state index contributed by atoms with van der Waals surface area (Å²) in [4.78, 5) is 19.3. The molecule has 64 valence electrons. The van der Waals surface area contributed by atoms with E-state index in [4.69, 9.17) is 10.8 Å². The van der Waals surface area contributed by atoms with Gasteiger partial charge < -0.3 is 10.8 Å². The van der Waals surface area contributed by atoms with Crippen molar-refractivity contribution in [2.24, 2.45) is 5.73 Å². The number of carbonyl (C=O) groups excluding carboxylic acids is 1. The van der Waals surface area contributed by atoms with Crippen LogP contribution in [0, 0.1) is 0 Å². The van der Waals surface area contributed by atoms with Crippen LogP contribution in [0.2, 0.25) is 0 Å². The highest BCUT2D eigenvalue weighted by Crippen LogP contribution is 1.99. The van der Waals surface area contributed by atoms with Crippen LogP contribution in [0.25, 0.3) is 0 Å². The molecule has 11 heavy (non-hydrogen) atoms. The van der Waals surface area contributed by atoms with Crippen LogP contribution in [0.3, 0.4) is 0 Å². The molecule has 0 radical (unpaired) electrons. The van der Waals surface area contributed by atoms with Gasteiger partial charge in [0.25, 0.3) is 0 Å². The van der Waals surface area contributed by atoms with E-state index < -0.39 is 19.1 Å². The summed E-state index contributed by atoms with van der Waals surface area (Å²) in [6.45, 7) is -0.454. The first kappa shape index (κ1) is 8.17. The lowest BCUT2D eigenvalue weighted by Crippen LogP contribution is -2.44. The molecule has 1 fully saturated rings. The van der Waals surface area contributed by atoms with E-state index in [-0.39, 0.29) is 0 Å². The van der Waals surface area contributed by atoms with Crippen molar-refractivity contribution < 1.29 is 19.7 Å². The fourth-order valence-electron chi connectivity index (χ4n) is 0.514. The average Bonchev–Trinajstić information content (AvgIpc) is 2.34. The number of aliphatic hydroxyl groups is 1. The number of hydroxylamine groups is 3. The van der Waals surface area contributed by atoms with Crippen LogP contribution in [0.1, 0.15) is 0 Å². The molecule has 8 heteroatoms. The van der Waals surface area contributed by atoms with Gasteiger partial charge in [0.2, 0.25) is 6.35 Å². The Morgan fingerprint density at radius 3 is 3.09 bits per heavy atom. The number of carbonyl (C=O) groups is 1. The standard InChI is InChI=1S/C3H8N4O4/c4-2(9)5-3-6-11-7(1-8)10-3/h3,6,8H,1H2,(H3,4,5,9). The summed E-state index contributed by atoms with van der Waals surface area (Å²) in [7, 11) is 0. The molecule has 0 aromatic heterocycles. The number of hydrogen-bond acceptors (Lipinski definition) is 6.